The van der Waals surface area contributed by atoms with Gasteiger partial charge in [-0.15, -0.1) is 0 Å². The molecule has 0 bridgehead atoms. The zero-order valence-corrected chi connectivity index (χ0v) is 11.8. The zero-order valence-electron chi connectivity index (χ0n) is 11.8. The molecule has 1 saturated carbocycles. The quantitative estimate of drug-likeness (QED) is 0.647. The van der Waals surface area contributed by atoms with E-state index in [1.165, 1.54) is 12.8 Å². The molecule has 1 fully saturated rings. The number of nitrogens with two attached hydrogens (primary N) is 1. The van der Waals surface area contributed by atoms with Crippen LogP contribution in [0, 0.1) is 6.92 Å². The molecule has 1 amide bonds. The van der Waals surface area contributed by atoms with Crippen molar-refractivity contribution in [3.8, 4) is 0 Å². The average Bonchev–Trinajstić information content (AvgIpc) is 2.93. The number of nitrogen functional groups attached to an aromatic ring is 1. The standard InChI is InChI=1S/C15H23N3O/c1-3-18(12-6-4-5-7-12)15(19)13-9-8-11(2)10-14(13)17-16/h8-10,12,17H,3-7,16H2,1-2H3. The molecule has 4 nitrogen and oxygen atoms in total. The molecule has 1 aromatic carbocycles. The van der Waals surface area contributed by atoms with Gasteiger partial charge in [-0.2, -0.15) is 0 Å². The molecule has 0 radical (unpaired) electrons. The number of nitrogens with one attached hydrogen (secondary N) is 1. The lowest BCUT2D eigenvalue weighted by Gasteiger charge is -2.28. The van der Waals surface area contributed by atoms with Gasteiger partial charge >= 0.3 is 0 Å². The Labute approximate surface area is 114 Å². The molecule has 1 aliphatic carbocycles. The molecule has 0 spiro atoms. The smallest absolute Gasteiger partial charge is 0.256 e. The first-order valence-corrected chi connectivity index (χ1v) is 7.05. The normalized spacial score (nSPS) is 15.5. The lowest BCUT2D eigenvalue weighted by atomic mass is 10.1. The van der Waals surface area contributed by atoms with Gasteiger partial charge in [-0.05, 0) is 44.4 Å². The van der Waals surface area contributed by atoms with Gasteiger partial charge in [0.25, 0.3) is 5.91 Å². The number of carbonyl (C=O) groups excluding carboxylic acids is 1. The Balaban J connectivity index is 2.26. The van der Waals surface area contributed by atoms with Gasteiger partial charge in [-0.1, -0.05) is 18.9 Å². The highest BCUT2D eigenvalue weighted by molar-refractivity contribution is 5.99. The van der Waals surface area contributed by atoms with Crippen LogP contribution >= 0.6 is 0 Å². The predicted octanol–water partition coefficient (Wildman–Crippen LogP) is 2.69. The summed E-state index contributed by atoms with van der Waals surface area (Å²) in [6, 6.07) is 6.13. The maximum absolute atomic E-state index is 12.7. The molecule has 4 heteroatoms. The van der Waals surface area contributed by atoms with Crippen LogP contribution in [-0.4, -0.2) is 23.4 Å². The van der Waals surface area contributed by atoms with Crippen LogP contribution in [0.2, 0.25) is 0 Å². The summed E-state index contributed by atoms with van der Waals surface area (Å²) >= 11 is 0. The highest BCUT2D eigenvalue weighted by atomic mass is 16.2. The number of hydrazine groups is 1. The van der Waals surface area contributed by atoms with Gasteiger partial charge in [-0.25, -0.2) is 0 Å². The third kappa shape index (κ3) is 2.89. The summed E-state index contributed by atoms with van der Waals surface area (Å²) in [4.78, 5) is 14.7. The number of hydrogen-bond donors (Lipinski definition) is 2. The molecular weight excluding hydrogens is 238 g/mol. The second-order valence-electron chi connectivity index (χ2n) is 5.22. The van der Waals surface area contributed by atoms with Crippen molar-refractivity contribution in [3.05, 3.63) is 29.3 Å². The lowest BCUT2D eigenvalue weighted by molar-refractivity contribution is 0.0694. The molecule has 1 aliphatic rings. The Hall–Kier alpha value is -1.55. The third-order valence-corrected chi connectivity index (χ3v) is 3.93. The fourth-order valence-electron chi connectivity index (χ4n) is 2.90. The summed E-state index contributed by atoms with van der Waals surface area (Å²) in [5.74, 6) is 5.62. The number of hydrogen-bond acceptors (Lipinski definition) is 3. The minimum Gasteiger partial charge on any atom is -0.336 e. The van der Waals surface area contributed by atoms with Gasteiger partial charge in [0.05, 0.1) is 11.3 Å². The Morgan fingerprint density at radius 1 is 1.42 bits per heavy atom. The molecular formula is C15H23N3O. The fraction of sp³-hybridized carbons (Fsp3) is 0.533. The monoisotopic (exact) mass is 261 g/mol. The minimum atomic E-state index is 0.0855. The Morgan fingerprint density at radius 3 is 2.68 bits per heavy atom. The van der Waals surface area contributed by atoms with E-state index in [-0.39, 0.29) is 5.91 Å². The number of carbonyl (C=O) groups is 1. The van der Waals surface area contributed by atoms with E-state index in [4.69, 9.17) is 5.84 Å². The number of benzene rings is 1. The molecule has 0 aliphatic heterocycles. The molecule has 1 aromatic rings. The van der Waals surface area contributed by atoms with Crippen LogP contribution in [0.15, 0.2) is 18.2 Å². The van der Waals surface area contributed by atoms with Gasteiger partial charge in [0.15, 0.2) is 0 Å². The van der Waals surface area contributed by atoms with E-state index in [0.717, 1.165) is 24.9 Å². The third-order valence-electron chi connectivity index (χ3n) is 3.93. The van der Waals surface area contributed by atoms with Crippen molar-refractivity contribution in [1.29, 1.82) is 0 Å². The predicted molar refractivity (Wildman–Crippen MR) is 78.0 cm³/mol. The maximum atomic E-state index is 12.7. The van der Waals surface area contributed by atoms with Gasteiger partial charge in [0.2, 0.25) is 0 Å². The summed E-state index contributed by atoms with van der Waals surface area (Å²) < 4.78 is 0. The number of amides is 1. The van der Waals surface area contributed by atoms with Crippen molar-refractivity contribution in [2.45, 2.75) is 45.6 Å². The summed E-state index contributed by atoms with van der Waals surface area (Å²) in [6.45, 7) is 4.78. The van der Waals surface area contributed by atoms with Gasteiger partial charge in [0, 0.05) is 12.6 Å². The fourth-order valence-corrected chi connectivity index (χ4v) is 2.90. The summed E-state index contributed by atoms with van der Waals surface area (Å²) in [6.07, 6.45) is 4.70. The molecule has 2 rings (SSSR count). The first-order valence-electron chi connectivity index (χ1n) is 7.05. The maximum Gasteiger partial charge on any atom is 0.256 e. The number of rotatable bonds is 4. The lowest BCUT2D eigenvalue weighted by Crippen LogP contribution is -2.39. The van der Waals surface area contributed by atoms with E-state index in [0.29, 0.717) is 17.3 Å². The Morgan fingerprint density at radius 2 is 2.11 bits per heavy atom. The second-order valence-corrected chi connectivity index (χ2v) is 5.22. The average molecular weight is 261 g/mol. The van der Waals surface area contributed by atoms with Crippen LogP contribution in [0.4, 0.5) is 5.69 Å². The van der Waals surface area contributed by atoms with Crippen LogP contribution in [0.5, 0.6) is 0 Å². The van der Waals surface area contributed by atoms with E-state index in [2.05, 4.69) is 5.43 Å². The van der Waals surface area contributed by atoms with Crippen molar-refractivity contribution >= 4 is 11.6 Å². The Kier molecular flexibility index (Phi) is 4.43. The molecule has 104 valence electrons. The number of anilines is 1. The summed E-state index contributed by atoms with van der Waals surface area (Å²) in [7, 11) is 0. The largest absolute Gasteiger partial charge is 0.336 e. The van der Waals surface area contributed by atoms with Gasteiger partial charge in [-0.3, -0.25) is 10.6 Å². The van der Waals surface area contributed by atoms with Gasteiger partial charge in [0.1, 0.15) is 0 Å². The van der Waals surface area contributed by atoms with Crippen LogP contribution < -0.4 is 11.3 Å². The second kappa shape index (κ2) is 6.06. The Bertz CT molecular complexity index is 453. The van der Waals surface area contributed by atoms with E-state index < -0.39 is 0 Å². The summed E-state index contributed by atoms with van der Waals surface area (Å²) in [5.41, 5.74) is 5.11. The van der Waals surface area contributed by atoms with Crippen LogP contribution in [0.3, 0.4) is 0 Å². The first kappa shape index (κ1) is 13.9. The van der Waals surface area contributed by atoms with E-state index in [1.54, 1.807) is 0 Å². The first-order chi connectivity index (χ1) is 9.17. The van der Waals surface area contributed by atoms with Gasteiger partial charge < -0.3 is 10.3 Å². The van der Waals surface area contributed by atoms with E-state index in [1.807, 2.05) is 36.9 Å². The number of aryl methyl sites for hydroxylation is 1. The van der Waals surface area contributed by atoms with Crippen LogP contribution in [0.1, 0.15) is 48.5 Å². The minimum absolute atomic E-state index is 0.0855. The highest BCUT2D eigenvalue weighted by Gasteiger charge is 2.27. The van der Waals surface area contributed by atoms with Crippen molar-refractivity contribution in [2.75, 3.05) is 12.0 Å². The van der Waals surface area contributed by atoms with Crippen molar-refractivity contribution in [1.82, 2.24) is 4.90 Å². The molecule has 3 N–H and O–H groups in total. The van der Waals surface area contributed by atoms with Crippen LogP contribution in [-0.2, 0) is 0 Å². The summed E-state index contributed by atoms with van der Waals surface area (Å²) in [5, 5.41) is 0. The molecule has 0 aromatic heterocycles. The number of nitrogens with zero attached hydrogens (tertiary/aromatic N) is 1. The molecule has 0 saturated heterocycles. The molecule has 0 atom stereocenters. The SMILES string of the molecule is CCN(C(=O)c1ccc(C)cc1NN)C1CCCC1. The highest BCUT2D eigenvalue weighted by Crippen LogP contribution is 2.26. The molecule has 0 unspecified atom stereocenters. The molecule has 19 heavy (non-hydrogen) atoms. The van der Waals surface area contributed by atoms with E-state index in [9.17, 15) is 4.79 Å². The van der Waals surface area contributed by atoms with Crippen molar-refractivity contribution in [3.63, 3.8) is 0 Å². The van der Waals surface area contributed by atoms with Crippen molar-refractivity contribution in [2.24, 2.45) is 5.84 Å². The van der Waals surface area contributed by atoms with Crippen LogP contribution in [0.25, 0.3) is 0 Å². The zero-order chi connectivity index (χ0) is 13.8. The van der Waals surface area contributed by atoms with Crippen molar-refractivity contribution < 1.29 is 4.79 Å². The molecule has 0 heterocycles. The topological polar surface area (TPSA) is 58.4 Å². The van der Waals surface area contributed by atoms with E-state index >= 15 is 0 Å².